The van der Waals surface area contributed by atoms with Crippen molar-refractivity contribution in [3.63, 3.8) is 0 Å². The molecule has 0 aromatic carbocycles. The molecule has 0 radical (unpaired) electrons. The molecule has 0 aliphatic heterocycles. The van der Waals surface area contributed by atoms with E-state index >= 15 is 0 Å². The first-order valence-corrected chi connectivity index (χ1v) is 5.54. The molecular weight excluding hydrogens is 278 g/mol. The zero-order valence-corrected chi connectivity index (χ0v) is 10.3. The minimum atomic E-state index is -0.479. The number of halogens is 1. The number of likely N-dealkylation sites (N-methyl/N-ethyl adjacent to an activating group) is 1. The third-order valence-electron chi connectivity index (χ3n) is 2.12. The van der Waals surface area contributed by atoms with Gasteiger partial charge in [0.2, 0.25) is 0 Å². The van der Waals surface area contributed by atoms with Crippen LogP contribution in [0.25, 0.3) is 0 Å². The fourth-order valence-corrected chi connectivity index (χ4v) is 1.99. The highest BCUT2D eigenvalue weighted by Gasteiger charge is 2.21. The molecule has 1 N–H and O–H groups in total. The van der Waals surface area contributed by atoms with E-state index in [0.717, 1.165) is 0 Å². The monoisotopic (exact) mass is 289 g/mol. The van der Waals surface area contributed by atoms with Gasteiger partial charge in [-0.25, -0.2) is 0 Å². The Balaban J connectivity index is 3.22. The van der Waals surface area contributed by atoms with E-state index in [9.17, 15) is 10.1 Å². The molecule has 16 heavy (non-hydrogen) atoms. The van der Waals surface area contributed by atoms with Crippen LogP contribution in [-0.2, 0) is 0 Å². The van der Waals surface area contributed by atoms with Crippen molar-refractivity contribution in [1.82, 2.24) is 4.98 Å². The lowest BCUT2D eigenvalue weighted by Crippen LogP contribution is -2.27. The molecule has 0 amide bonds. The number of nitrogens with zero attached hydrogens (tertiary/aromatic N) is 3. The third kappa shape index (κ3) is 2.67. The second kappa shape index (κ2) is 5.76. The van der Waals surface area contributed by atoms with Crippen LogP contribution in [0.2, 0.25) is 0 Å². The molecule has 0 saturated heterocycles. The summed E-state index contributed by atoms with van der Waals surface area (Å²) in [5.41, 5.74) is 0.390. The van der Waals surface area contributed by atoms with Crippen molar-refractivity contribution in [1.29, 1.82) is 0 Å². The smallest absolute Gasteiger partial charge is 0.311 e. The van der Waals surface area contributed by atoms with E-state index in [1.807, 2.05) is 6.92 Å². The van der Waals surface area contributed by atoms with Crippen molar-refractivity contribution < 1.29 is 10.0 Å². The molecule has 0 atom stereocenters. The van der Waals surface area contributed by atoms with Gasteiger partial charge in [0.15, 0.2) is 0 Å². The zero-order valence-electron chi connectivity index (χ0n) is 8.76. The predicted molar refractivity (Wildman–Crippen MR) is 63.6 cm³/mol. The van der Waals surface area contributed by atoms with Gasteiger partial charge in [-0.15, -0.1) is 0 Å². The summed E-state index contributed by atoms with van der Waals surface area (Å²) in [4.78, 5) is 15.9. The Morgan fingerprint density at radius 2 is 2.31 bits per heavy atom. The Labute approximate surface area is 101 Å². The molecule has 0 fully saturated rings. The normalized spacial score (nSPS) is 10.2. The van der Waals surface area contributed by atoms with Gasteiger partial charge in [-0.3, -0.25) is 15.1 Å². The lowest BCUT2D eigenvalue weighted by atomic mass is 10.3. The van der Waals surface area contributed by atoms with Crippen LogP contribution in [0.3, 0.4) is 0 Å². The second-order valence-corrected chi connectivity index (χ2v) is 3.90. The molecule has 0 aliphatic rings. The Kier molecular flexibility index (Phi) is 4.63. The minimum absolute atomic E-state index is 0.0558. The maximum Gasteiger partial charge on any atom is 0.311 e. The van der Waals surface area contributed by atoms with E-state index in [2.05, 4.69) is 20.9 Å². The Morgan fingerprint density at radius 1 is 1.62 bits per heavy atom. The van der Waals surface area contributed by atoms with Crippen molar-refractivity contribution in [2.75, 3.05) is 24.6 Å². The lowest BCUT2D eigenvalue weighted by Gasteiger charge is -2.22. The van der Waals surface area contributed by atoms with Crippen LogP contribution in [0.4, 0.5) is 11.4 Å². The summed E-state index contributed by atoms with van der Waals surface area (Å²) < 4.78 is 0.553. The molecule has 1 rings (SSSR count). The highest BCUT2D eigenvalue weighted by Crippen LogP contribution is 2.34. The summed E-state index contributed by atoms with van der Waals surface area (Å²) in [6, 6.07) is 0. The molecule has 6 nitrogen and oxygen atoms in total. The van der Waals surface area contributed by atoms with E-state index in [1.54, 1.807) is 4.90 Å². The van der Waals surface area contributed by atoms with Crippen molar-refractivity contribution >= 4 is 27.3 Å². The molecule has 1 aromatic rings. The maximum absolute atomic E-state index is 10.9. The number of hydrogen-bond acceptors (Lipinski definition) is 5. The number of anilines is 1. The van der Waals surface area contributed by atoms with Gasteiger partial charge < -0.3 is 10.0 Å². The quantitative estimate of drug-likeness (QED) is 0.657. The van der Waals surface area contributed by atoms with E-state index in [0.29, 0.717) is 23.2 Å². The highest BCUT2D eigenvalue weighted by molar-refractivity contribution is 9.10. The number of aliphatic hydroxyl groups is 1. The van der Waals surface area contributed by atoms with Gasteiger partial charge in [0, 0.05) is 19.3 Å². The van der Waals surface area contributed by atoms with Crippen LogP contribution in [0, 0.1) is 10.1 Å². The maximum atomic E-state index is 10.9. The van der Waals surface area contributed by atoms with Gasteiger partial charge in [-0.2, -0.15) is 0 Å². The van der Waals surface area contributed by atoms with E-state index in [4.69, 9.17) is 5.11 Å². The van der Waals surface area contributed by atoms with Gasteiger partial charge in [-0.1, -0.05) is 0 Å². The Hall–Kier alpha value is -1.21. The Bertz CT molecular complexity index is 386. The fourth-order valence-electron chi connectivity index (χ4n) is 1.41. The lowest BCUT2D eigenvalue weighted by molar-refractivity contribution is -0.384. The van der Waals surface area contributed by atoms with Gasteiger partial charge in [0.1, 0.15) is 11.9 Å². The summed E-state index contributed by atoms with van der Waals surface area (Å²) in [5, 5.41) is 19.8. The molecule has 1 heterocycles. The number of pyridine rings is 1. The molecule has 0 bridgehead atoms. The van der Waals surface area contributed by atoms with Crippen LogP contribution in [-0.4, -0.2) is 34.7 Å². The summed E-state index contributed by atoms with van der Waals surface area (Å²) in [5.74, 6) is 0. The summed E-state index contributed by atoms with van der Waals surface area (Å²) in [6.45, 7) is 2.73. The van der Waals surface area contributed by atoms with Crippen LogP contribution in [0.1, 0.15) is 6.92 Å². The summed E-state index contributed by atoms with van der Waals surface area (Å²) in [6.07, 6.45) is 2.71. The molecule has 0 unspecified atom stereocenters. The molecular formula is C9H12BrN3O3. The minimum Gasteiger partial charge on any atom is -0.395 e. The zero-order chi connectivity index (χ0) is 12.1. The average molecular weight is 290 g/mol. The first kappa shape index (κ1) is 12.9. The van der Waals surface area contributed by atoms with Crippen LogP contribution < -0.4 is 4.90 Å². The van der Waals surface area contributed by atoms with Crippen LogP contribution in [0.15, 0.2) is 16.9 Å². The van der Waals surface area contributed by atoms with Crippen molar-refractivity contribution in [3.05, 3.63) is 27.0 Å². The standard InChI is InChI=1S/C9H12BrN3O3/c1-2-12(3-4-14)9-7(10)5-11-6-8(9)13(15)16/h5-6,14H,2-4H2,1H3. The fraction of sp³-hybridized carbons (Fsp3) is 0.444. The average Bonchev–Trinajstić information content (AvgIpc) is 2.26. The molecule has 0 saturated carbocycles. The number of aromatic nitrogens is 1. The van der Waals surface area contributed by atoms with Crippen molar-refractivity contribution in [3.8, 4) is 0 Å². The van der Waals surface area contributed by atoms with Crippen LogP contribution in [0.5, 0.6) is 0 Å². The largest absolute Gasteiger partial charge is 0.395 e. The summed E-state index contributed by atoms with van der Waals surface area (Å²) in [7, 11) is 0. The third-order valence-corrected chi connectivity index (χ3v) is 2.70. The van der Waals surface area contributed by atoms with E-state index in [1.165, 1.54) is 12.4 Å². The summed E-state index contributed by atoms with van der Waals surface area (Å²) >= 11 is 3.24. The van der Waals surface area contributed by atoms with E-state index < -0.39 is 4.92 Å². The van der Waals surface area contributed by atoms with Gasteiger partial charge >= 0.3 is 5.69 Å². The Morgan fingerprint density at radius 3 is 2.81 bits per heavy atom. The van der Waals surface area contributed by atoms with Crippen LogP contribution >= 0.6 is 15.9 Å². The van der Waals surface area contributed by atoms with Crippen molar-refractivity contribution in [2.24, 2.45) is 0 Å². The highest BCUT2D eigenvalue weighted by atomic mass is 79.9. The number of rotatable bonds is 5. The van der Waals surface area contributed by atoms with Gasteiger partial charge in [0.25, 0.3) is 0 Å². The van der Waals surface area contributed by atoms with Crippen molar-refractivity contribution in [2.45, 2.75) is 6.92 Å². The molecule has 0 aliphatic carbocycles. The SMILES string of the molecule is CCN(CCO)c1c(Br)cncc1[N+](=O)[O-]. The molecule has 1 aromatic heterocycles. The molecule has 88 valence electrons. The topological polar surface area (TPSA) is 79.5 Å². The van der Waals surface area contributed by atoms with Gasteiger partial charge in [-0.05, 0) is 22.9 Å². The number of nitro groups is 1. The van der Waals surface area contributed by atoms with E-state index in [-0.39, 0.29) is 12.3 Å². The first-order chi connectivity index (χ1) is 7.61. The molecule has 0 spiro atoms. The number of hydrogen-bond donors (Lipinski definition) is 1. The number of aliphatic hydroxyl groups excluding tert-OH is 1. The predicted octanol–water partition coefficient (Wildman–Crippen LogP) is 1.57. The first-order valence-electron chi connectivity index (χ1n) is 4.75. The molecule has 7 heteroatoms. The second-order valence-electron chi connectivity index (χ2n) is 3.05. The van der Waals surface area contributed by atoms with Gasteiger partial charge in [0.05, 0.1) is 16.0 Å².